The van der Waals surface area contributed by atoms with Crippen molar-refractivity contribution in [1.29, 1.82) is 0 Å². The Morgan fingerprint density at radius 2 is 1.86 bits per heavy atom. The summed E-state index contributed by atoms with van der Waals surface area (Å²) in [5, 5.41) is 1.11. The maximum Gasteiger partial charge on any atom is 0.180 e. The zero-order chi connectivity index (χ0) is 14.8. The summed E-state index contributed by atoms with van der Waals surface area (Å²) >= 11 is 4.32. The van der Waals surface area contributed by atoms with Gasteiger partial charge in [0.15, 0.2) is 5.78 Å². The first-order valence-electron chi connectivity index (χ1n) is 6.79. The lowest BCUT2D eigenvalue weighted by Crippen LogP contribution is -2.32. The third-order valence-electron chi connectivity index (χ3n) is 3.62. The number of Topliss-reactive ketones (excluding diaryl/α,β-unsaturated/α-hetero) is 1. The molecule has 3 rings (SSSR count). The van der Waals surface area contributed by atoms with E-state index < -0.39 is 6.04 Å². The normalized spacial score (nSPS) is 12.5. The highest BCUT2D eigenvalue weighted by Gasteiger charge is 2.19. The molecule has 0 saturated carbocycles. The molecular weight excluding hydrogens is 280 g/mol. The van der Waals surface area contributed by atoms with Gasteiger partial charge in [0.05, 0.1) is 6.04 Å². The zero-order valence-corrected chi connectivity index (χ0v) is 12.3. The van der Waals surface area contributed by atoms with Crippen molar-refractivity contribution >= 4 is 29.3 Å². The summed E-state index contributed by atoms with van der Waals surface area (Å²) in [6.45, 7) is 0. The number of aromatic amines is 1. The molecule has 0 saturated heterocycles. The van der Waals surface area contributed by atoms with Crippen molar-refractivity contribution in [2.75, 3.05) is 0 Å². The van der Waals surface area contributed by atoms with Crippen LogP contribution in [0.5, 0.6) is 0 Å². The molecule has 0 amide bonds. The largest absolute Gasteiger partial charge is 0.361 e. The molecule has 2 aromatic carbocycles. The van der Waals surface area contributed by atoms with Crippen LogP contribution in [0.4, 0.5) is 0 Å². The van der Waals surface area contributed by atoms with Crippen LogP contribution in [0.1, 0.15) is 15.9 Å². The summed E-state index contributed by atoms with van der Waals surface area (Å²) in [5.74, 6) is -0.0779. The van der Waals surface area contributed by atoms with Crippen molar-refractivity contribution in [1.82, 2.24) is 4.98 Å². The Labute approximate surface area is 128 Å². The molecule has 3 aromatic rings. The number of para-hydroxylation sites is 1. The van der Waals surface area contributed by atoms with Crippen molar-refractivity contribution in [3.8, 4) is 0 Å². The van der Waals surface area contributed by atoms with Crippen LogP contribution in [-0.4, -0.2) is 16.8 Å². The average molecular weight is 296 g/mol. The Balaban J connectivity index is 1.85. The number of thiol groups is 1. The van der Waals surface area contributed by atoms with Gasteiger partial charge in [0, 0.05) is 27.6 Å². The summed E-state index contributed by atoms with van der Waals surface area (Å²) in [7, 11) is 0. The molecule has 0 unspecified atom stereocenters. The first-order valence-corrected chi connectivity index (χ1v) is 7.24. The van der Waals surface area contributed by atoms with E-state index in [0.29, 0.717) is 16.9 Å². The van der Waals surface area contributed by atoms with Crippen LogP contribution in [0.3, 0.4) is 0 Å². The Bertz CT molecular complexity index is 794. The highest BCUT2D eigenvalue weighted by molar-refractivity contribution is 7.80. The van der Waals surface area contributed by atoms with Gasteiger partial charge >= 0.3 is 0 Å². The molecule has 0 aliphatic rings. The van der Waals surface area contributed by atoms with Crippen LogP contribution in [0.15, 0.2) is 59.6 Å². The Hall–Kier alpha value is -2.04. The lowest BCUT2D eigenvalue weighted by molar-refractivity contribution is 0.0958. The smallest absolute Gasteiger partial charge is 0.180 e. The van der Waals surface area contributed by atoms with Crippen LogP contribution >= 0.6 is 12.6 Å². The number of H-pyrrole nitrogens is 1. The molecule has 0 bridgehead atoms. The van der Waals surface area contributed by atoms with Gasteiger partial charge in [-0.05, 0) is 24.1 Å². The summed E-state index contributed by atoms with van der Waals surface area (Å²) < 4.78 is 0. The summed E-state index contributed by atoms with van der Waals surface area (Å²) in [4.78, 5) is 16.3. The number of nitrogens with one attached hydrogen (secondary N) is 1. The van der Waals surface area contributed by atoms with Gasteiger partial charge in [-0.2, -0.15) is 0 Å². The molecule has 1 heterocycles. The highest BCUT2D eigenvalue weighted by atomic mass is 32.1. The summed E-state index contributed by atoms with van der Waals surface area (Å²) in [5.41, 5.74) is 8.80. The fourth-order valence-electron chi connectivity index (χ4n) is 2.51. The predicted molar refractivity (Wildman–Crippen MR) is 88.0 cm³/mol. The van der Waals surface area contributed by atoms with E-state index in [1.54, 1.807) is 12.1 Å². The lowest BCUT2D eigenvalue weighted by atomic mass is 9.98. The van der Waals surface area contributed by atoms with Gasteiger partial charge in [0.25, 0.3) is 0 Å². The first-order chi connectivity index (χ1) is 10.2. The van der Waals surface area contributed by atoms with E-state index in [0.717, 1.165) is 16.5 Å². The van der Waals surface area contributed by atoms with Gasteiger partial charge in [-0.25, -0.2) is 0 Å². The third kappa shape index (κ3) is 2.73. The molecular formula is C17H16N2OS. The second-order valence-electron chi connectivity index (χ2n) is 5.05. The number of ketones is 1. The summed E-state index contributed by atoms with van der Waals surface area (Å²) in [6.07, 6.45) is 2.43. The molecule has 1 aromatic heterocycles. The van der Waals surface area contributed by atoms with E-state index in [1.807, 2.05) is 42.6 Å². The molecule has 21 heavy (non-hydrogen) atoms. The Morgan fingerprint density at radius 1 is 1.14 bits per heavy atom. The topological polar surface area (TPSA) is 58.9 Å². The average Bonchev–Trinajstić information content (AvgIpc) is 2.90. The maximum atomic E-state index is 12.4. The number of aromatic nitrogens is 1. The Morgan fingerprint density at radius 3 is 2.67 bits per heavy atom. The molecule has 0 spiro atoms. The molecule has 0 aliphatic carbocycles. The monoisotopic (exact) mass is 296 g/mol. The van der Waals surface area contributed by atoms with Gasteiger partial charge in [0.1, 0.15) is 0 Å². The minimum Gasteiger partial charge on any atom is -0.361 e. The number of carbonyl (C=O) groups excluding carboxylic acids is 1. The predicted octanol–water partition coefficient (Wildman–Crippen LogP) is 3.21. The Kier molecular flexibility index (Phi) is 3.82. The minimum absolute atomic E-state index is 0.0779. The number of nitrogens with two attached hydrogens (primary N) is 1. The van der Waals surface area contributed by atoms with Crippen LogP contribution in [0, 0.1) is 0 Å². The van der Waals surface area contributed by atoms with E-state index in [-0.39, 0.29) is 5.78 Å². The molecule has 1 atom stereocenters. The molecule has 0 fully saturated rings. The fourth-order valence-corrected chi connectivity index (χ4v) is 2.78. The first kappa shape index (κ1) is 13.9. The molecule has 3 N–H and O–H groups in total. The number of hydrogen-bond donors (Lipinski definition) is 3. The lowest BCUT2D eigenvalue weighted by Gasteiger charge is -2.11. The van der Waals surface area contributed by atoms with Crippen molar-refractivity contribution in [2.24, 2.45) is 5.73 Å². The number of rotatable bonds is 4. The van der Waals surface area contributed by atoms with Crippen LogP contribution in [0.2, 0.25) is 0 Å². The van der Waals surface area contributed by atoms with Gasteiger partial charge in [-0.15, -0.1) is 12.6 Å². The quantitative estimate of drug-likeness (QED) is 0.511. The van der Waals surface area contributed by atoms with Gasteiger partial charge < -0.3 is 10.7 Å². The minimum atomic E-state index is -0.572. The maximum absolute atomic E-state index is 12.4. The van der Waals surface area contributed by atoms with Gasteiger partial charge in [0.2, 0.25) is 0 Å². The van der Waals surface area contributed by atoms with Crippen molar-refractivity contribution in [3.05, 3.63) is 65.9 Å². The zero-order valence-electron chi connectivity index (χ0n) is 11.4. The van der Waals surface area contributed by atoms with Crippen LogP contribution in [-0.2, 0) is 6.42 Å². The van der Waals surface area contributed by atoms with Crippen molar-refractivity contribution < 1.29 is 4.79 Å². The van der Waals surface area contributed by atoms with E-state index in [4.69, 9.17) is 5.73 Å². The number of fused-ring (bicyclic) bond motifs is 1. The van der Waals surface area contributed by atoms with Crippen LogP contribution < -0.4 is 5.73 Å². The van der Waals surface area contributed by atoms with Crippen LogP contribution in [0.25, 0.3) is 10.9 Å². The van der Waals surface area contributed by atoms with E-state index in [1.165, 1.54) is 0 Å². The van der Waals surface area contributed by atoms with Crippen molar-refractivity contribution in [3.63, 3.8) is 0 Å². The molecule has 0 radical (unpaired) electrons. The van der Waals surface area contributed by atoms with Crippen molar-refractivity contribution in [2.45, 2.75) is 17.4 Å². The van der Waals surface area contributed by atoms with Gasteiger partial charge in [-0.3, -0.25) is 4.79 Å². The highest BCUT2D eigenvalue weighted by Crippen LogP contribution is 2.21. The van der Waals surface area contributed by atoms with E-state index in [2.05, 4.69) is 17.6 Å². The number of hydrogen-bond acceptors (Lipinski definition) is 3. The SMILES string of the molecule is N[C@@H](Cc1c[nH]c2ccccc12)C(=O)c1ccccc1S. The molecule has 3 nitrogen and oxygen atoms in total. The molecule has 106 valence electrons. The van der Waals surface area contributed by atoms with Gasteiger partial charge in [-0.1, -0.05) is 36.4 Å². The number of carbonyl (C=O) groups is 1. The van der Waals surface area contributed by atoms with E-state index >= 15 is 0 Å². The molecule has 0 aliphatic heterocycles. The standard InChI is InChI=1S/C17H16N2OS/c18-14(17(20)13-6-2-4-8-16(13)21)9-11-10-19-15-7-3-1-5-12(11)15/h1-8,10,14,19,21H,9,18H2/t14-/m0/s1. The second kappa shape index (κ2) is 5.76. The number of benzene rings is 2. The fraction of sp³-hybridized carbons (Fsp3) is 0.118. The van der Waals surface area contributed by atoms with E-state index in [9.17, 15) is 4.79 Å². The molecule has 4 heteroatoms. The second-order valence-corrected chi connectivity index (χ2v) is 5.53. The summed E-state index contributed by atoms with van der Waals surface area (Å²) in [6, 6.07) is 14.7. The third-order valence-corrected chi connectivity index (χ3v) is 4.01.